The lowest BCUT2D eigenvalue weighted by molar-refractivity contribution is -0.143. The predicted molar refractivity (Wildman–Crippen MR) is 98.1 cm³/mol. The van der Waals surface area contributed by atoms with Gasteiger partial charge >= 0.3 is 5.97 Å². The summed E-state index contributed by atoms with van der Waals surface area (Å²) in [6, 6.07) is 11.5. The number of hydrogen-bond donors (Lipinski definition) is 1. The van der Waals surface area contributed by atoms with Gasteiger partial charge in [-0.1, -0.05) is 6.07 Å². The van der Waals surface area contributed by atoms with Crippen LogP contribution in [0.4, 0.5) is 0 Å². The van der Waals surface area contributed by atoms with Gasteiger partial charge in [0.1, 0.15) is 24.7 Å². The van der Waals surface area contributed by atoms with Gasteiger partial charge in [0.25, 0.3) is 5.91 Å². The Kier molecular flexibility index (Phi) is 6.93. The number of methoxy groups -OCH3 is 2. The molecule has 0 aromatic heterocycles. The van der Waals surface area contributed by atoms with Gasteiger partial charge in [-0.2, -0.15) is 0 Å². The van der Waals surface area contributed by atoms with Crippen molar-refractivity contribution < 1.29 is 28.6 Å². The van der Waals surface area contributed by atoms with E-state index in [9.17, 15) is 14.4 Å². The summed E-state index contributed by atoms with van der Waals surface area (Å²) in [5.41, 5.74) is 1.43. The molecule has 0 aliphatic heterocycles. The lowest BCUT2D eigenvalue weighted by Crippen LogP contribution is -2.30. The molecule has 27 heavy (non-hydrogen) atoms. The van der Waals surface area contributed by atoms with Crippen molar-refractivity contribution in [3.8, 4) is 11.5 Å². The number of esters is 1. The highest BCUT2D eigenvalue weighted by Gasteiger charge is 2.12. The van der Waals surface area contributed by atoms with Gasteiger partial charge in [-0.25, -0.2) is 0 Å². The molecule has 7 heteroatoms. The van der Waals surface area contributed by atoms with Gasteiger partial charge in [-0.3, -0.25) is 14.4 Å². The molecule has 0 saturated heterocycles. The molecule has 0 unspecified atom stereocenters. The van der Waals surface area contributed by atoms with Crippen molar-refractivity contribution in [3.05, 3.63) is 59.2 Å². The average Bonchev–Trinajstić information content (AvgIpc) is 2.70. The van der Waals surface area contributed by atoms with Gasteiger partial charge < -0.3 is 19.5 Å². The summed E-state index contributed by atoms with van der Waals surface area (Å²) in [6.07, 6.45) is 0. The van der Waals surface area contributed by atoms with Gasteiger partial charge in [0.2, 0.25) is 0 Å². The zero-order chi connectivity index (χ0) is 19.8. The molecule has 0 heterocycles. The standard InChI is InChI=1S/C20H21NO6/c1-13(22)14-7-8-18(26-3)16(9-14)12-27-19(23)11-21-20(24)15-5-4-6-17(10-15)25-2/h4-10H,11-12H2,1-3H3,(H,21,24). The average molecular weight is 371 g/mol. The number of carbonyl (C=O) groups is 3. The van der Waals surface area contributed by atoms with E-state index in [-0.39, 0.29) is 18.9 Å². The molecule has 7 nitrogen and oxygen atoms in total. The van der Waals surface area contributed by atoms with Crippen LogP contribution >= 0.6 is 0 Å². The van der Waals surface area contributed by atoms with Gasteiger partial charge in [-0.15, -0.1) is 0 Å². The fraction of sp³-hybridized carbons (Fsp3) is 0.250. The Morgan fingerprint density at radius 2 is 1.74 bits per heavy atom. The molecular formula is C20H21NO6. The summed E-state index contributed by atoms with van der Waals surface area (Å²) in [7, 11) is 2.99. The Hall–Kier alpha value is -3.35. The summed E-state index contributed by atoms with van der Waals surface area (Å²) in [4.78, 5) is 35.5. The largest absolute Gasteiger partial charge is 0.497 e. The quantitative estimate of drug-likeness (QED) is 0.566. The number of Topliss-reactive ketones (excluding diaryl/α,β-unsaturated/α-hetero) is 1. The van der Waals surface area contributed by atoms with Crippen molar-refractivity contribution in [2.24, 2.45) is 0 Å². The molecule has 0 atom stereocenters. The summed E-state index contributed by atoms with van der Waals surface area (Å²) >= 11 is 0. The van der Waals surface area contributed by atoms with Crippen molar-refractivity contribution in [2.75, 3.05) is 20.8 Å². The molecule has 1 amide bonds. The van der Waals surface area contributed by atoms with E-state index in [0.717, 1.165) is 0 Å². The van der Waals surface area contributed by atoms with Crippen LogP contribution in [0.15, 0.2) is 42.5 Å². The van der Waals surface area contributed by atoms with Crippen LogP contribution in [0.3, 0.4) is 0 Å². The molecule has 0 saturated carbocycles. The highest BCUT2D eigenvalue weighted by atomic mass is 16.5. The first-order valence-corrected chi connectivity index (χ1v) is 8.20. The fourth-order valence-electron chi connectivity index (χ4n) is 2.34. The molecule has 0 fully saturated rings. The van der Waals surface area contributed by atoms with Crippen LogP contribution < -0.4 is 14.8 Å². The number of amides is 1. The lowest BCUT2D eigenvalue weighted by atomic mass is 10.1. The Bertz CT molecular complexity index is 846. The van der Waals surface area contributed by atoms with Crippen LogP contribution in [0.5, 0.6) is 11.5 Å². The van der Waals surface area contributed by atoms with Crippen molar-refractivity contribution in [2.45, 2.75) is 13.5 Å². The third-order valence-electron chi connectivity index (χ3n) is 3.80. The highest BCUT2D eigenvalue weighted by Crippen LogP contribution is 2.21. The number of hydrogen-bond acceptors (Lipinski definition) is 6. The topological polar surface area (TPSA) is 90.9 Å². The van der Waals surface area contributed by atoms with Crippen molar-refractivity contribution in [3.63, 3.8) is 0 Å². The Morgan fingerprint density at radius 3 is 2.41 bits per heavy atom. The maximum atomic E-state index is 12.1. The fourth-order valence-corrected chi connectivity index (χ4v) is 2.34. The van der Waals surface area contributed by atoms with Crippen molar-refractivity contribution >= 4 is 17.7 Å². The predicted octanol–water partition coefficient (Wildman–Crippen LogP) is 2.38. The SMILES string of the molecule is COc1cccc(C(=O)NCC(=O)OCc2cc(C(C)=O)ccc2OC)c1. The Labute approximate surface area is 157 Å². The van der Waals surface area contributed by atoms with E-state index in [2.05, 4.69) is 5.32 Å². The molecule has 2 aromatic carbocycles. The zero-order valence-electron chi connectivity index (χ0n) is 15.4. The Balaban J connectivity index is 1.91. The van der Waals surface area contributed by atoms with E-state index in [1.54, 1.807) is 42.5 Å². The molecule has 2 aromatic rings. The second kappa shape index (κ2) is 9.38. The molecule has 0 bridgehead atoms. The number of nitrogens with one attached hydrogen (secondary N) is 1. The minimum absolute atomic E-state index is 0.0713. The van der Waals surface area contributed by atoms with Crippen LogP contribution in [0.1, 0.15) is 33.2 Å². The molecule has 0 aliphatic carbocycles. The number of ketones is 1. The maximum Gasteiger partial charge on any atom is 0.325 e. The molecular weight excluding hydrogens is 350 g/mol. The maximum absolute atomic E-state index is 12.1. The van der Waals surface area contributed by atoms with E-state index in [4.69, 9.17) is 14.2 Å². The third-order valence-corrected chi connectivity index (χ3v) is 3.80. The van der Waals surface area contributed by atoms with Gasteiger partial charge in [0.15, 0.2) is 5.78 Å². The van der Waals surface area contributed by atoms with Crippen LogP contribution in [0.25, 0.3) is 0 Å². The van der Waals surface area contributed by atoms with Gasteiger partial charge in [0.05, 0.1) is 14.2 Å². The van der Waals surface area contributed by atoms with Crippen LogP contribution in [0.2, 0.25) is 0 Å². The first-order chi connectivity index (χ1) is 12.9. The van der Waals surface area contributed by atoms with Crippen LogP contribution in [-0.4, -0.2) is 38.4 Å². The number of benzene rings is 2. The lowest BCUT2D eigenvalue weighted by Gasteiger charge is -2.11. The second-order valence-electron chi connectivity index (χ2n) is 5.66. The van der Waals surface area contributed by atoms with Crippen molar-refractivity contribution in [1.82, 2.24) is 5.32 Å². The normalized spacial score (nSPS) is 10.0. The monoisotopic (exact) mass is 371 g/mol. The number of ether oxygens (including phenoxy) is 3. The van der Waals surface area contributed by atoms with Gasteiger partial charge in [0, 0.05) is 16.7 Å². The summed E-state index contributed by atoms with van der Waals surface area (Å²) in [5, 5.41) is 2.49. The molecule has 2 rings (SSSR count). The molecule has 142 valence electrons. The van der Waals surface area contributed by atoms with E-state index in [1.165, 1.54) is 21.1 Å². The van der Waals surface area contributed by atoms with E-state index in [1.807, 2.05) is 0 Å². The molecule has 1 N–H and O–H groups in total. The molecule has 0 spiro atoms. The summed E-state index contributed by atoms with van der Waals surface area (Å²) in [5.74, 6) is -0.0739. The highest BCUT2D eigenvalue weighted by molar-refractivity contribution is 5.96. The minimum Gasteiger partial charge on any atom is -0.497 e. The van der Waals surface area contributed by atoms with Crippen LogP contribution in [0, 0.1) is 0 Å². The third kappa shape index (κ3) is 5.57. The molecule has 0 aliphatic rings. The van der Waals surface area contributed by atoms with Crippen LogP contribution in [-0.2, 0) is 16.1 Å². The minimum atomic E-state index is -0.610. The first kappa shape index (κ1) is 20.0. The van der Waals surface area contributed by atoms with E-state index < -0.39 is 11.9 Å². The summed E-state index contributed by atoms with van der Waals surface area (Å²) < 4.78 is 15.4. The number of carbonyl (C=O) groups excluding carboxylic acids is 3. The number of rotatable bonds is 8. The van der Waals surface area contributed by atoms with Crippen molar-refractivity contribution in [1.29, 1.82) is 0 Å². The Morgan fingerprint density at radius 1 is 0.963 bits per heavy atom. The summed E-state index contributed by atoms with van der Waals surface area (Å²) in [6.45, 7) is 1.09. The van der Waals surface area contributed by atoms with E-state index in [0.29, 0.717) is 28.2 Å². The first-order valence-electron chi connectivity index (χ1n) is 8.20. The van der Waals surface area contributed by atoms with Gasteiger partial charge in [-0.05, 0) is 43.3 Å². The van der Waals surface area contributed by atoms with E-state index >= 15 is 0 Å². The second-order valence-corrected chi connectivity index (χ2v) is 5.66. The molecule has 0 radical (unpaired) electrons. The smallest absolute Gasteiger partial charge is 0.325 e. The zero-order valence-corrected chi connectivity index (χ0v) is 15.4.